The molecule has 0 spiro atoms. The number of nitrogens with one attached hydrogen (secondary N) is 1. The monoisotopic (exact) mass is 2140 g/mol. The Kier molecular flexibility index (Phi) is 70.1. The zero-order chi connectivity index (χ0) is 111. The van der Waals surface area contributed by atoms with Crippen molar-refractivity contribution in [1.29, 1.82) is 0 Å². The Morgan fingerprint density at radius 1 is 0.393 bits per heavy atom. The van der Waals surface area contributed by atoms with Crippen LogP contribution in [0.5, 0.6) is 0 Å². The summed E-state index contributed by atoms with van der Waals surface area (Å²) in [5.74, 6) is -0.159. The summed E-state index contributed by atoms with van der Waals surface area (Å²) in [6, 6.07) is 100. The number of aldehydes is 1. The maximum Gasteiger partial charge on any atom is 1.00 e. The van der Waals surface area contributed by atoms with Gasteiger partial charge in [-0.1, -0.05) is 314 Å². The zero-order valence-corrected chi connectivity index (χ0v) is 98.7. The number of rotatable bonds is 22. The Labute approximate surface area is 950 Å². The van der Waals surface area contributed by atoms with E-state index >= 15 is 0 Å². The van der Waals surface area contributed by atoms with Crippen LogP contribution in [0.4, 0.5) is 0 Å². The molecule has 8 heterocycles. The number of aryl methyl sites for hydroxylation is 1. The van der Waals surface area contributed by atoms with Crippen molar-refractivity contribution >= 4 is 74.6 Å². The van der Waals surface area contributed by atoms with Crippen molar-refractivity contribution < 1.29 is 97.6 Å². The average molecular weight is 2140 g/mol. The van der Waals surface area contributed by atoms with Crippen LogP contribution in [0, 0.1) is 5.92 Å². The molecule has 1 aliphatic rings. The van der Waals surface area contributed by atoms with Crippen molar-refractivity contribution in [3.63, 3.8) is 0 Å². The third kappa shape index (κ3) is 60.3. The number of carbonyl (C=O) groups excluding carboxylic acids is 1. The molecule has 0 unspecified atom stereocenters. The molecule has 28 heteroatoms. The summed E-state index contributed by atoms with van der Waals surface area (Å²) in [6.07, 6.45) is 21.6. The first kappa shape index (κ1) is 139. The minimum Gasteiger partial charge on any atom is -0.478 e. The normalized spacial score (nSPS) is 12.8. The van der Waals surface area contributed by atoms with Gasteiger partial charge in [0, 0.05) is 149 Å². The molecule has 804 valence electrons. The van der Waals surface area contributed by atoms with Gasteiger partial charge in [-0.25, -0.2) is 31.1 Å². The number of aliphatic carboxylic acids is 2. The number of hydrogen-bond donors (Lipinski definition) is 6. The van der Waals surface area contributed by atoms with Gasteiger partial charge in [0.2, 0.25) is 0 Å². The minimum absolute atomic E-state index is 0. The Bertz CT molecular complexity index is 5600. The Hall–Kier alpha value is -11.0. The predicted octanol–water partition coefficient (Wildman–Crippen LogP) is 23.6. The summed E-state index contributed by atoms with van der Waals surface area (Å²) < 4.78 is 61.3. The Morgan fingerprint density at radius 3 is 0.893 bits per heavy atom. The largest absolute Gasteiger partial charge is 1.00 e. The zero-order valence-electron chi connectivity index (χ0n) is 92.3. The molecular formula is C122H166KN13O10S4. The second-order valence-corrected chi connectivity index (χ2v) is 47.6. The van der Waals surface area contributed by atoms with E-state index in [-0.39, 0.29) is 112 Å². The molecule has 150 heavy (non-hydrogen) atoms. The van der Waals surface area contributed by atoms with E-state index in [1.807, 2.05) is 381 Å². The quantitative estimate of drug-likeness (QED) is 0.0121. The maximum absolute atomic E-state index is 12.7. The molecule has 0 aliphatic carbocycles. The molecule has 1 saturated heterocycles. The van der Waals surface area contributed by atoms with Gasteiger partial charge in [0.15, 0.2) is 0 Å². The van der Waals surface area contributed by atoms with Crippen LogP contribution in [0.25, 0.3) is 0 Å². The molecule has 7 atom stereocenters. The number of carboxylic acids is 2. The molecule has 0 amide bonds. The maximum atomic E-state index is 12.7. The van der Waals surface area contributed by atoms with E-state index in [1.165, 1.54) is 18.8 Å². The standard InChI is InChI=1S/C19H26N2OS.2C15H18N2.2C11H15NOS.2C8H11N.C8H10N.C7H9N.C7H6O.C4H11NOS.C4H4O4.C4H8O.CH4.K/c1-18(2,3)23(22)21-17(15-11-7-6-8-12-15)19(4,5)16-13-9-10-14-20-16;2*1-15(2,13-10-6-7-11-17-13)14(16)12-8-4-3-5-9-12;2*1-11(2,3)14(13)12-9-10-7-5-4-6-8-10;3*1-7(2)8-5-3-4-6-9-8;1-2-7-5-3-4-6-8-7;8-6-7-4-2-1-3-5-7;1-4(2,3)7(5)6;5-3(6)1-2-4(7)8;1-2-4-5-3-1;;/h6-14,17,21H,1-5H3;2*3-11,14H,16H2,1-2H3;2*4-9H,1-3H3;2*3-7H,1-2H3;3-6H,1-2H3;3-6H,2H2,1H3;1-6H;5H2,1-3H3;1-2H,(H,5,6)(H,7,8);1-4H2;1H4;/q;;;;;;;-1;;;;;;;+1/b;;;;;;;;;;;2-1+;;;/t17-,23+;4*14-;;;;;;7-;;;;/m00011.....1..../s1. The molecule has 23 nitrogen and oxygen atoms in total. The summed E-state index contributed by atoms with van der Waals surface area (Å²) in [5, 5.41) is 20.7. The number of carbonyl (C=O) groups is 3. The second-order valence-electron chi connectivity index (χ2n) is 39.9. The average Bonchev–Trinajstić information content (AvgIpc) is 0.884. The summed E-state index contributed by atoms with van der Waals surface area (Å²) in [7, 11) is -4.69. The summed E-state index contributed by atoms with van der Waals surface area (Å²) in [5.41, 5.74) is 25.7. The van der Waals surface area contributed by atoms with E-state index < -0.39 is 55.9 Å². The van der Waals surface area contributed by atoms with Gasteiger partial charge in [-0.3, -0.25) is 44.8 Å². The van der Waals surface area contributed by atoms with E-state index in [9.17, 15) is 31.2 Å². The predicted molar refractivity (Wildman–Crippen MR) is 626 cm³/mol. The first-order valence-electron chi connectivity index (χ1n) is 49.2. The number of carboxylic acid groups (broad SMARTS) is 2. The van der Waals surface area contributed by atoms with E-state index in [2.05, 4.69) is 175 Å². The fourth-order valence-corrected chi connectivity index (χ4v) is 14.0. The number of aromatic nitrogens is 7. The SMILES string of the molecule is C.C1CCOC1.CC(C)(C)[S@@](=O)N=Cc1ccccc1.CC(C)(C)[S@@](=O)N=Cc1ccccc1.CC(C)(C)[S@](N)=O.CC(C)(c1ccccn1)[C@@H](N)c1ccccc1.CC(C)(c1ccccn1)[C@@H](N)c1ccccc1.CC(C)(c1ccccn1)[C@@H](N[S@](=O)C(C)(C)C)c1ccccc1.CC(C)c1ccccn1.CC(C)c1ccccn1.CCc1ccccn1.C[C-](C)c1ccccn1.O=C(O)/C=C/C(=O)O.O=Cc1ccccc1.[K+]. The molecule has 0 bridgehead atoms. The van der Waals surface area contributed by atoms with E-state index in [4.69, 9.17) is 31.6 Å². The van der Waals surface area contributed by atoms with Crippen molar-refractivity contribution in [1.82, 2.24) is 39.6 Å². The number of pyridine rings is 7. The third-order valence-electron chi connectivity index (χ3n) is 21.3. The number of hydrogen-bond acceptors (Lipinski definition) is 17. The Balaban J connectivity index is 0.00000163. The minimum atomic E-state index is -1.26. The number of ether oxygens (including phenoxy) is 1. The molecule has 14 rings (SSSR count). The van der Waals surface area contributed by atoms with Gasteiger partial charge in [0.1, 0.15) is 28.3 Å². The van der Waals surface area contributed by atoms with Crippen molar-refractivity contribution in [2.24, 2.45) is 25.4 Å². The summed E-state index contributed by atoms with van der Waals surface area (Å²) in [4.78, 5) is 59.1. The van der Waals surface area contributed by atoms with E-state index in [0.717, 1.165) is 99.2 Å². The van der Waals surface area contributed by atoms with Crippen molar-refractivity contribution in [3.05, 3.63) is 444 Å². The first-order valence-corrected chi connectivity index (χ1v) is 53.8. The van der Waals surface area contributed by atoms with Crippen LogP contribution in [0.2, 0.25) is 0 Å². The first-order chi connectivity index (χ1) is 69.8. The van der Waals surface area contributed by atoms with Crippen LogP contribution in [-0.2, 0) is 80.9 Å². The number of nitrogens with two attached hydrogens (primary N) is 3. The van der Waals surface area contributed by atoms with Gasteiger partial charge >= 0.3 is 63.3 Å². The molecule has 0 radical (unpaired) electrons. The van der Waals surface area contributed by atoms with Crippen LogP contribution in [0.1, 0.15) is 301 Å². The summed E-state index contributed by atoms with van der Waals surface area (Å²) in [6.45, 7) is 52.5. The van der Waals surface area contributed by atoms with Gasteiger partial charge < -0.3 is 26.4 Å². The smallest absolute Gasteiger partial charge is 0.478 e. The molecule has 7 aromatic heterocycles. The van der Waals surface area contributed by atoms with Gasteiger partial charge in [-0.2, -0.15) is 20.8 Å². The van der Waals surface area contributed by atoms with Crippen LogP contribution < -0.4 is 72.7 Å². The van der Waals surface area contributed by atoms with Crippen LogP contribution in [0.3, 0.4) is 0 Å². The number of benzene rings is 6. The fraction of sp³-hybridized carbons (Fsp3) is 0.352. The molecule has 1 fully saturated rings. The van der Waals surface area contributed by atoms with Crippen molar-refractivity contribution in [3.8, 4) is 0 Å². The summed E-state index contributed by atoms with van der Waals surface area (Å²) >= 11 is 0. The topological polar surface area (TPSA) is 374 Å². The van der Waals surface area contributed by atoms with Crippen molar-refractivity contribution in [2.75, 3.05) is 13.2 Å². The van der Waals surface area contributed by atoms with Crippen LogP contribution in [-0.4, -0.2) is 125 Å². The van der Waals surface area contributed by atoms with Crippen LogP contribution >= 0.6 is 0 Å². The molecule has 9 N–H and O–H groups in total. The molecular weight excluding hydrogens is 1970 g/mol. The van der Waals surface area contributed by atoms with E-state index in [0.29, 0.717) is 24.0 Å². The molecule has 6 aromatic carbocycles. The van der Waals surface area contributed by atoms with E-state index in [1.54, 1.807) is 30.8 Å². The Morgan fingerprint density at radius 2 is 0.680 bits per heavy atom. The number of nitrogens with zero attached hydrogens (tertiary/aromatic N) is 9. The molecule has 13 aromatic rings. The second kappa shape index (κ2) is 75.7. The van der Waals surface area contributed by atoms with Gasteiger partial charge in [-0.15, -0.1) is 19.9 Å². The van der Waals surface area contributed by atoms with Gasteiger partial charge in [0.25, 0.3) is 0 Å². The van der Waals surface area contributed by atoms with Gasteiger partial charge in [0.05, 0.1) is 47.0 Å². The van der Waals surface area contributed by atoms with Crippen LogP contribution in [0.15, 0.2) is 374 Å². The molecule has 1 aliphatic heterocycles. The third-order valence-corrected chi connectivity index (χ3v) is 26.7. The fourth-order valence-electron chi connectivity index (χ4n) is 11.9. The molecule has 0 saturated carbocycles. The van der Waals surface area contributed by atoms with Gasteiger partial charge in [-0.05, 0) is 215 Å². The van der Waals surface area contributed by atoms with Crippen molar-refractivity contribution in [2.45, 2.75) is 265 Å².